The molecule has 1 atom stereocenters. The van der Waals surface area contributed by atoms with Crippen LogP contribution in [0.25, 0.3) is 0 Å². The van der Waals surface area contributed by atoms with Crippen LogP contribution in [0.4, 0.5) is 0 Å². The van der Waals surface area contributed by atoms with Crippen molar-refractivity contribution in [1.82, 2.24) is 10.2 Å². The molecule has 0 aromatic heterocycles. The van der Waals surface area contributed by atoms with E-state index in [9.17, 15) is 9.59 Å². The van der Waals surface area contributed by atoms with Crippen molar-refractivity contribution in [2.24, 2.45) is 0 Å². The van der Waals surface area contributed by atoms with Crippen molar-refractivity contribution in [1.29, 1.82) is 0 Å². The molecule has 2 aromatic rings. The third-order valence-electron chi connectivity index (χ3n) is 6.08. The number of benzene rings is 2. The van der Waals surface area contributed by atoms with E-state index in [0.29, 0.717) is 34.2 Å². The van der Waals surface area contributed by atoms with Crippen LogP contribution in [0, 0.1) is 6.92 Å². The van der Waals surface area contributed by atoms with Gasteiger partial charge in [-0.1, -0.05) is 66.7 Å². The molecule has 4 nitrogen and oxygen atoms in total. The lowest BCUT2D eigenvalue weighted by Gasteiger charge is -2.32. The van der Waals surface area contributed by atoms with Gasteiger partial charge in [0.15, 0.2) is 0 Å². The summed E-state index contributed by atoms with van der Waals surface area (Å²) in [5, 5.41) is 4.16. The summed E-state index contributed by atoms with van der Waals surface area (Å²) in [6.07, 6.45) is 5.12. The maximum atomic E-state index is 13.4. The molecule has 1 fully saturated rings. The predicted molar refractivity (Wildman–Crippen MR) is 138 cm³/mol. The number of aryl methyl sites for hydroxylation is 1. The molecule has 0 unspecified atom stereocenters. The Morgan fingerprint density at radius 3 is 2.33 bits per heavy atom. The quantitative estimate of drug-likeness (QED) is 0.367. The van der Waals surface area contributed by atoms with Gasteiger partial charge in [0.25, 0.3) is 0 Å². The number of carbonyl (C=O) groups is 2. The third-order valence-corrected chi connectivity index (χ3v) is 7.81. The average molecular weight is 508 g/mol. The molecule has 0 spiro atoms. The van der Waals surface area contributed by atoms with Crippen molar-refractivity contribution < 1.29 is 9.59 Å². The van der Waals surface area contributed by atoms with Crippen LogP contribution in [0.2, 0.25) is 10.0 Å². The number of nitrogens with zero attached hydrogens (tertiary/aromatic N) is 1. The molecular formula is C26H32Cl2N2O2S. The van der Waals surface area contributed by atoms with Crippen molar-refractivity contribution in [2.45, 2.75) is 75.9 Å². The fourth-order valence-corrected chi connectivity index (χ4v) is 5.53. The van der Waals surface area contributed by atoms with Crippen LogP contribution in [0.1, 0.15) is 56.6 Å². The number of halogens is 2. The SMILES string of the molecule is CC[C@H](C(=O)NC1CCCC1)N(Cc1c(Cl)cccc1Cl)C(=O)CCSc1ccc(C)cc1. The molecule has 0 saturated heterocycles. The molecule has 0 aliphatic heterocycles. The minimum absolute atomic E-state index is 0.0704. The molecule has 1 aliphatic carbocycles. The Balaban J connectivity index is 1.74. The molecule has 2 aromatic carbocycles. The lowest BCUT2D eigenvalue weighted by atomic mass is 10.1. The first-order valence-corrected chi connectivity index (χ1v) is 13.4. The summed E-state index contributed by atoms with van der Waals surface area (Å²) in [6.45, 7) is 4.20. The number of hydrogen-bond donors (Lipinski definition) is 1. The van der Waals surface area contributed by atoms with E-state index in [1.165, 1.54) is 5.56 Å². The summed E-state index contributed by atoms with van der Waals surface area (Å²) >= 11 is 14.5. The molecule has 33 heavy (non-hydrogen) atoms. The Labute approximate surface area is 211 Å². The molecule has 178 valence electrons. The number of rotatable bonds is 10. The third kappa shape index (κ3) is 7.40. The van der Waals surface area contributed by atoms with E-state index in [1.807, 2.05) is 6.92 Å². The van der Waals surface area contributed by atoms with Gasteiger partial charge >= 0.3 is 0 Å². The first-order valence-electron chi connectivity index (χ1n) is 11.6. The summed E-state index contributed by atoms with van der Waals surface area (Å²) in [7, 11) is 0. The molecule has 7 heteroatoms. The number of nitrogens with one attached hydrogen (secondary N) is 1. The van der Waals surface area contributed by atoms with Crippen molar-refractivity contribution in [3.8, 4) is 0 Å². The van der Waals surface area contributed by atoms with Crippen LogP contribution >= 0.6 is 35.0 Å². The van der Waals surface area contributed by atoms with Gasteiger partial charge in [0.05, 0.1) is 0 Å². The van der Waals surface area contributed by atoms with E-state index in [1.54, 1.807) is 34.9 Å². The van der Waals surface area contributed by atoms with Gasteiger partial charge in [-0.3, -0.25) is 9.59 Å². The van der Waals surface area contributed by atoms with Crippen molar-refractivity contribution in [3.63, 3.8) is 0 Å². The van der Waals surface area contributed by atoms with Crippen LogP contribution in [-0.2, 0) is 16.1 Å². The maximum absolute atomic E-state index is 13.4. The first-order chi connectivity index (χ1) is 15.9. The standard InChI is InChI=1S/C26H32Cl2N2O2S/c1-3-24(26(32)29-19-7-4-5-8-19)30(17-21-22(27)9-6-10-23(21)28)25(31)15-16-33-20-13-11-18(2)12-14-20/h6,9-14,19,24H,3-5,7-8,15-17H2,1-2H3,(H,29,32)/t24-/m1/s1. The topological polar surface area (TPSA) is 49.4 Å². The maximum Gasteiger partial charge on any atom is 0.243 e. The molecule has 0 radical (unpaired) electrons. The van der Waals surface area contributed by atoms with E-state index >= 15 is 0 Å². The minimum atomic E-state index is -0.560. The molecule has 1 aliphatic rings. The van der Waals surface area contributed by atoms with E-state index in [-0.39, 0.29) is 24.4 Å². The Bertz CT molecular complexity index is 926. The summed E-state index contributed by atoms with van der Waals surface area (Å²) in [5.41, 5.74) is 1.88. The average Bonchev–Trinajstić information content (AvgIpc) is 3.30. The smallest absolute Gasteiger partial charge is 0.243 e. The molecule has 1 saturated carbocycles. The van der Waals surface area contributed by atoms with Crippen LogP contribution < -0.4 is 5.32 Å². The number of thioether (sulfide) groups is 1. The Kier molecular flexibility index (Phi) is 9.96. The normalized spacial score (nSPS) is 14.8. The van der Waals surface area contributed by atoms with Crippen LogP contribution in [-0.4, -0.2) is 34.6 Å². The van der Waals surface area contributed by atoms with Gasteiger partial charge in [0.1, 0.15) is 6.04 Å². The minimum Gasteiger partial charge on any atom is -0.352 e. The molecule has 0 bridgehead atoms. The zero-order valence-corrected chi connectivity index (χ0v) is 21.6. The van der Waals surface area contributed by atoms with Crippen molar-refractivity contribution in [2.75, 3.05) is 5.75 Å². The highest BCUT2D eigenvalue weighted by Crippen LogP contribution is 2.28. The second kappa shape index (κ2) is 12.7. The molecule has 3 rings (SSSR count). The van der Waals surface area contributed by atoms with E-state index in [4.69, 9.17) is 23.2 Å². The van der Waals surface area contributed by atoms with Gasteiger partial charge < -0.3 is 10.2 Å². The van der Waals surface area contributed by atoms with Gasteiger partial charge in [-0.25, -0.2) is 0 Å². The lowest BCUT2D eigenvalue weighted by molar-refractivity contribution is -0.141. The molecule has 0 heterocycles. The highest BCUT2D eigenvalue weighted by Gasteiger charge is 2.31. The fraction of sp³-hybridized carbons (Fsp3) is 0.462. The van der Waals surface area contributed by atoms with Gasteiger partial charge in [-0.05, 0) is 50.5 Å². The summed E-state index contributed by atoms with van der Waals surface area (Å²) in [4.78, 5) is 29.4. The Morgan fingerprint density at radius 2 is 1.73 bits per heavy atom. The number of hydrogen-bond acceptors (Lipinski definition) is 3. The predicted octanol–water partition coefficient (Wildman–Crippen LogP) is 6.65. The number of carbonyl (C=O) groups excluding carboxylic acids is 2. The van der Waals surface area contributed by atoms with E-state index < -0.39 is 6.04 Å². The van der Waals surface area contributed by atoms with Gasteiger partial charge in [-0.2, -0.15) is 0 Å². The first kappa shape index (κ1) is 25.9. The van der Waals surface area contributed by atoms with Gasteiger partial charge in [-0.15, -0.1) is 11.8 Å². The van der Waals surface area contributed by atoms with Crippen molar-refractivity contribution in [3.05, 3.63) is 63.6 Å². The zero-order valence-electron chi connectivity index (χ0n) is 19.3. The van der Waals surface area contributed by atoms with E-state index in [0.717, 1.165) is 30.6 Å². The monoisotopic (exact) mass is 506 g/mol. The van der Waals surface area contributed by atoms with Crippen LogP contribution in [0.5, 0.6) is 0 Å². The summed E-state index contributed by atoms with van der Waals surface area (Å²) in [5.74, 6) is 0.473. The summed E-state index contributed by atoms with van der Waals surface area (Å²) < 4.78 is 0. The van der Waals surface area contributed by atoms with Gasteiger partial charge in [0.2, 0.25) is 11.8 Å². The highest BCUT2D eigenvalue weighted by atomic mass is 35.5. The highest BCUT2D eigenvalue weighted by molar-refractivity contribution is 7.99. The molecule has 2 amide bonds. The molecule has 1 N–H and O–H groups in total. The van der Waals surface area contributed by atoms with Crippen molar-refractivity contribution >= 4 is 46.8 Å². The van der Waals surface area contributed by atoms with Crippen LogP contribution in [0.15, 0.2) is 47.4 Å². The van der Waals surface area contributed by atoms with Gasteiger partial charge in [0, 0.05) is 45.3 Å². The largest absolute Gasteiger partial charge is 0.352 e. The Hall–Kier alpha value is -1.69. The Morgan fingerprint density at radius 1 is 1.09 bits per heavy atom. The zero-order chi connectivity index (χ0) is 23.8. The lowest BCUT2D eigenvalue weighted by Crippen LogP contribution is -2.51. The molecular weight excluding hydrogens is 475 g/mol. The second-order valence-electron chi connectivity index (χ2n) is 8.55. The second-order valence-corrected chi connectivity index (χ2v) is 10.5. The number of amides is 2. The summed E-state index contributed by atoms with van der Waals surface area (Å²) in [6, 6.07) is 13.2. The van der Waals surface area contributed by atoms with Crippen LogP contribution in [0.3, 0.4) is 0 Å². The van der Waals surface area contributed by atoms with E-state index in [2.05, 4.69) is 36.5 Å². The fourth-order valence-electron chi connectivity index (χ4n) is 4.18.